The highest BCUT2D eigenvalue weighted by molar-refractivity contribution is 6.18. The van der Waals surface area contributed by atoms with Gasteiger partial charge in [0.05, 0.1) is 11.8 Å². The molecular formula is C12H20Cl2O9. The van der Waals surface area contributed by atoms with Gasteiger partial charge in [-0.05, 0) is 0 Å². The van der Waals surface area contributed by atoms with Crippen molar-refractivity contribution in [3.05, 3.63) is 0 Å². The minimum Gasteiger partial charge on any atom is -0.391 e. The summed E-state index contributed by atoms with van der Waals surface area (Å²) in [5, 5.41) is 58.9. The van der Waals surface area contributed by atoms with Gasteiger partial charge in [0.15, 0.2) is 6.29 Å². The molecule has 0 spiro atoms. The Balaban J connectivity index is 2.18. The third kappa shape index (κ3) is 3.46. The molecular weight excluding hydrogens is 359 g/mol. The molecule has 0 aromatic rings. The van der Waals surface area contributed by atoms with Crippen LogP contribution in [0.15, 0.2) is 0 Å². The fourth-order valence-corrected chi connectivity index (χ4v) is 3.09. The lowest BCUT2D eigenvalue weighted by atomic mass is 9.99. The zero-order chi connectivity index (χ0) is 17.4. The summed E-state index contributed by atoms with van der Waals surface area (Å²) < 4.78 is 15.8. The third-order valence-corrected chi connectivity index (χ3v) is 4.62. The van der Waals surface area contributed by atoms with Crippen LogP contribution < -0.4 is 0 Å². The largest absolute Gasteiger partial charge is 0.391 e. The molecule has 2 aliphatic heterocycles. The fraction of sp³-hybridized carbons (Fsp3) is 1.00. The van der Waals surface area contributed by atoms with Crippen LogP contribution in [-0.4, -0.2) is 104 Å². The monoisotopic (exact) mass is 378 g/mol. The Bertz CT molecular complexity index is 401. The summed E-state index contributed by atoms with van der Waals surface area (Å²) >= 11 is 11.2. The highest BCUT2D eigenvalue weighted by Crippen LogP contribution is 2.36. The molecule has 0 aromatic carbocycles. The number of alkyl halides is 2. The Morgan fingerprint density at radius 3 is 1.96 bits per heavy atom. The molecule has 0 amide bonds. The number of halogens is 2. The zero-order valence-corrected chi connectivity index (χ0v) is 13.4. The normalized spacial score (nSPS) is 51.1. The first kappa shape index (κ1) is 19.5. The highest BCUT2D eigenvalue weighted by Gasteiger charge is 2.58. The molecule has 23 heavy (non-hydrogen) atoms. The molecule has 0 aliphatic carbocycles. The van der Waals surface area contributed by atoms with E-state index >= 15 is 0 Å². The van der Waals surface area contributed by atoms with Crippen LogP contribution in [0.5, 0.6) is 0 Å². The maximum absolute atomic E-state index is 10.1. The summed E-state index contributed by atoms with van der Waals surface area (Å²) in [6, 6.07) is 0. The molecule has 9 atom stereocenters. The quantitative estimate of drug-likeness (QED) is 0.277. The first-order chi connectivity index (χ1) is 10.8. The summed E-state index contributed by atoms with van der Waals surface area (Å²) in [5.41, 5.74) is 0. The molecule has 11 heteroatoms. The standard InChI is InChI=1S/C12H20Cl2O9/c13-1-4-6(16)8(18)9(19)11(21-4)23-12(3-15)10(20)7(17)5(2-14)22-12/h4-11,15-20H,1-3H2/t4-,5-,6-,7-,8+,9-,10+,11-,12-/m1/s1. The number of rotatable bonds is 5. The van der Waals surface area contributed by atoms with E-state index in [0.717, 1.165) is 0 Å². The van der Waals surface area contributed by atoms with Crippen LogP contribution in [-0.2, 0) is 14.2 Å². The molecule has 9 nitrogen and oxygen atoms in total. The molecule has 0 saturated carbocycles. The van der Waals surface area contributed by atoms with Gasteiger partial charge in [0.2, 0.25) is 5.79 Å². The maximum atomic E-state index is 10.1. The summed E-state index contributed by atoms with van der Waals surface area (Å²) in [6.07, 6.45) is -11.5. The van der Waals surface area contributed by atoms with Gasteiger partial charge in [-0.15, -0.1) is 23.2 Å². The summed E-state index contributed by atoms with van der Waals surface area (Å²) in [4.78, 5) is 0. The topological polar surface area (TPSA) is 149 Å². The highest BCUT2D eigenvalue weighted by atomic mass is 35.5. The molecule has 0 bridgehead atoms. The molecule has 0 unspecified atom stereocenters. The molecule has 0 radical (unpaired) electrons. The lowest BCUT2D eigenvalue weighted by Crippen LogP contribution is -2.62. The fourth-order valence-electron chi connectivity index (χ4n) is 2.59. The van der Waals surface area contributed by atoms with Crippen molar-refractivity contribution in [3.63, 3.8) is 0 Å². The van der Waals surface area contributed by atoms with E-state index in [4.69, 9.17) is 37.4 Å². The van der Waals surface area contributed by atoms with Crippen LogP contribution in [0.3, 0.4) is 0 Å². The molecule has 2 rings (SSSR count). The minimum atomic E-state index is -2.11. The van der Waals surface area contributed by atoms with Gasteiger partial charge in [-0.1, -0.05) is 0 Å². The second-order valence-electron chi connectivity index (χ2n) is 5.50. The van der Waals surface area contributed by atoms with Crippen molar-refractivity contribution < 1.29 is 44.8 Å². The van der Waals surface area contributed by atoms with Crippen LogP contribution in [0, 0.1) is 0 Å². The SMILES string of the molecule is OC[C@]1(O[C@H]2O[C@H](CCl)[C@@H](O)[C@H](O)[C@H]2O)O[C@H](CCl)[C@@H](O)[C@@H]1O. The Hall–Kier alpha value is 0.220. The Kier molecular flexibility index (Phi) is 6.48. The van der Waals surface area contributed by atoms with Crippen molar-refractivity contribution in [3.8, 4) is 0 Å². The van der Waals surface area contributed by atoms with Crippen LogP contribution >= 0.6 is 23.2 Å². The van der Waals surface area contributed by atoms with Gasteiger partial charge < -0.3 is 44.8 Å². The molecule has 0 aromatic heterocycles. The van der Waals surface area contributed by atoms with Gasteiger partial charge in [0.25, 0.3) is 0 Å². The van der Waals surface area contributed by atoms with Gasteiger partial charge in [0, 0.05) is 0 Å². The van der Waals surface area contributed by atoms with E-state index in [2.05, 4.69) is 0 Å². The minimum absolute atomic E-state index is 0.178. The van der Waals surface area contributed by atoms with E-state index in [1.807, 2.05) is 0 Å². The number of aliphatic hydroxyl groups is 6. The van der Waals surface area contributed by atoms with Crippen molar-refractivity contribution in [2.75, 3.05) is 18.4 Å². The summed E-state index contributed by atoms with van der Waals surface area (Å²) in [5.74, 6) is -2.49. The van der Waals surface area contributed by atoms with Crippen molar-refractivity contribution in [2.45, 2.75) is 54.8 Å². The average molecular weight is 379 g/mol. The van der Waals surface area contributed by atoms with E-state index < -0.39 is 61.4 Å². The van der Waals surface area contributed by atoms with Crippen LogP contribution in [0.2, 0.25) is 0 Å². The Labute approximate surface area is 141 Å². The third-order valence-electron chi connectivity index (χ3n) is 4.01. The van der Waals surface area contributed by atoms with Gasteiger partial charge in [-0.3, -0.25) is 0 Å². The predicted octanol–water partition coefficient (Wildman–Crippen LogP) is -2.90. The van der Waals surface area contributed by atoms with Gasteiger partial charge in [0.1, 0.15) is 49.3 Å². The van der Waals surface area contributed by atoms with E-state index in [9.17, 15) is 30.6 Å². The van der Waals surface area contributed by atoms with Crippen molar-refractivity contribution >= 4 is 23.2 Å². The first-order valence-corrected chi connectivity index (χ1v) is 8.02. The lowest BCUT2D eigenvalue weighted by molar-refractivity contribution is -0.379. The number of hydrogen-bond donors (Lipinski definition) is 6. The van der Waals surface area contributed by atoms with E-state index in [-0.39, 0.29) is 11.8 Å². The zero-order valence-electron chi connectivity index (χ0n) is 11.9. The van der Waals surface area contributed by atoms with Crippen LogP contribution in [0.1, 0.15) is 0 Å². The first-order valence-electron chi connectivity index (χ1n) is 6.95. The molecule has 2 heterocycles. The van der Waals surface area contributed by atoms with Crippen molar-refractivity contribution in [2.24, 2.45) is 0 Å². The Morgan fingerprint density at radius 2 is 1.48 bits per heavy atom. The summed E-state index contributed by atoms with van der Waals surface area (Å²) in [6.45, 7) is -0.880. The van der Waals surface area contributed by atoms with E-state index in [1.54, 1.807) is 0 Å². The predicted molar refractivity (Wildman–Crippen MR) is 75.9 cm³/mol. The molecule has 2 aliphatic rings. The van der Waals surface area contributed by atoms with Gasteiger partial charge in [-0.25, -0.2) is 0 Å². The molecule has 2 saturated heterocycles. The molecule has 136 valence electrons. The van der Waals surface area contributed by atoms with Gasteiger partial charge >= 0.3 is 0 Å². The second-order valence-corrected chi connectivity index (χ2v) is 6.12. The van der Waals surface area contributed by atoms with E-state index in [1.165, 1.54) is 0 Å². The maximum Gasteiger partial charge on any atom is 0.224 e. The lowest BCUT2D eigenvalue weighted by Gasteiger charge is -2.43. The van der Waals surface area contributed by atoms with Crippen LogP contribution in [0.25, 0.3) is 0 Å². The molecule has 6 N–H and O–H groups in total. The van der Waals surface area contributed by atoms with Crippen molar-refractivity contribution in [1.82, 2.24) is 0 Å². The van der Waals surface area contributed by atoms with Crippen LogP contribution in [0.4, 0.5) is 0 Å². The smallest absolute Gasteiger partial charge is 0.224 e. The number of ether oxygens (including phenoxy) is 3. The second kappa shape index (κ2) is 7.63. The van der Waals surface area contributed by atoms with Crippen molar-refractivity contribution in [1.29, 1.82) is 0 Å². The van der Waals surface area contributed by atoms with Gasteiger partial charge in [-0.2, -0.15) is 0 Å². The summed E-state index contributed by atoms with van der Waals surface area (Å²) in [7, 11) is 0. The number of aliphatic hydroxyl groups excluding tert-OH is 6. The van der Waals surface area contributed by atoms with E-state index in [0.29, 0.717) is 0 Å². The number of hydrogen-bond acceptors (Lipinski definition) is 9. The Morgan fingerprint density at radius 1 is 0.870 bits per heavy atom. The average Bonchev–Trinajstić information content (AvgIpc) is 2.80. The molecule has 2 fully saturated rings.